The standard InChI is InChI=1S/C36H37BrN2O2/c1-39(26-27-14-6-3-7-15-27)23-13-12-22-36(40,30-18-10-5-11-19-30)34(28-16-8-4-9-17-28)32-25-29-24-31(37)20-21-33(29)38-35(32)41-2/h3-11,14-21,24-25,34,40H,12-13,22-23,26H2,1-2H3. The zero-order valence-electron chi connectivity index (χ0n) is 23.7. The summed E-state index contributed by atoms with van der Waals surface area (Å²) in [7, 11) is 3.82. The first-order valence-corrected chi connectivity index (χ1v) is 15.0. The van der Waals surface area contributed by atoms with Crippen LogP contribution >= 0.6 is 15.9 Å². The van der Waals surface area contributed by atoms with Gasteiger partial charge in [0.15, 0.2) is 0 Å². The molecule has 5 aromatic rings. The van der Waals surface area contributed by atoms with Crippen LogP contribution in [-0.4, -0.2) is 35.7 Å². The largest absolute Gasteiger partial charge is 0.481 e. The molecule has 0 saturated carbocycles. The SMILES string of the molecule is COc1nc2ccc(Br)cc2cc1C(c1ccccc1)C(O)(CCCCN(C)Cc1ccccc1)c1ccccc1. The Labute approximate surface area is 251 Å². The van der Waals surface area contributed by atoms with Gasteiger partial charge in [0.1, 0.15) is 5.60 Å². The van der Waals surface area contributed by atoms with Gasteiger partial charge in [-0.2, -0.15) is 0 Å². The van der Waals surface area contributed by atoms with Gasteiger partial charge in [-0.15, -0.1) is 0 Å². The van der Waals surface area contributed by atoms with Crippen LogP contribution in [0, 0.1) is 0 Å². The van der Waals surface area contributed by atoms with Crippen LogP contribution in [0.2, 0.25) is 0 Å². The summed E-state index contributed by atoms with van der Waals surface area (Å²) in [6, 6.07) is 39.1. The molecule has 41 heavy (non-hydrogen) atoms. The monoisotopic (exact) mass is 608 g/mol. The molecule has 1 aromatic heterocycles. The first-order chi connectivity index (χ1) is 20.0. The fourth-order valence-electron chi connectivity index (χ4n) is 5.81. The molecule has 2 unspecified atom stereocenters. The van der Waals surface area contributed by atoms with Crippen molar-refractivity contribution in [1.82, 2.24) is 9.88 Å². The molecule has 5 heteroatoms. The molecule has 0 amide bonds. The highest BCUT2D eigenvalue weighted by Gasteiger charge is 2.42. The van der Waals surface area contributed by atoms with Gasteiger partial charge in [-0.1, -0.05) is 107 Å². The van der Waals surface area contributed by atoms with Crippen molar-refractivity contribution in [3.63, 3.8) is 0 Å². The van der Waals surface area contributed by atoms with E-state index in [1.807, 2.05) is 60.7 Å². The van der Waals surface area contributed by atoms with Crippen LogP contribution in [0.25, 0.3) is 10.9 Å². The Kier molecular flexibility index (Phi) is 9.50. The molecule has 2 atom stereocenters. The number of aliphatic hydroxyl groups is 1. The van der Waals surface area contributed by atoms with Crippen LogP contribution in [-0.2, 0) is 12.1 Å². The van der Waals surface area contributed by atoms with Crippen molar-refractivity contribution in [2.45, 2.75) is 37.3 Å². The Hall–Kier alpha value is -3.51. The summed E-state index contributed by atoms with van der Waals surface area (Å²) in [5, 5.41) is 13.9. The molecule has 1 N–H and O–H groups in total. The minimum Gasteiger partial charge on any atom is -0.481 e. The smallest absolute Gasteiger partial charge is 0.217 e. The average Bonchev–Trinajstić information content (AvgIpc) is 3.00. The minimum atomic E-state index is -1.19. The molecular formula is C36H37BrN2O2. The van der Waals surface area contributed by atoms with Crippen LogP contribution in [0.1, 0.15) is 47.4 Å². The second kappa shape index (κ2) is 13.4. The third-order valence-electron chi connectivity index (χ3n) is 7.80. The summed E-state index contributed by atoms with van der Waals surface area (Å²) in [6.07, 6.45) is 2.43. The van der Waals surface area contributed by atoms with Crippen LogP contribution in [0.15, 0.2) is 120 Å². The molecule has 1 heterocycles. The Morgan fingerprint density at radius 2 is 1.51 bits per heavy atom. The summed E-state index contributed by atoms with van der Waals surface area (Å²) in [4.78, 5) is 7.23. The van der Waals surface area contributed by atoms with Crippen LogP contribution in [0.5, 0.6) is 5.88 Å². The van der Waals surface area contributed by atoms with Gasteiger partial charge in [-0.25, -0.2) is 4.98 Å². The lowest BCUT2D eigenvalue weighted by molar-refractivity contribution is 0.00664. The lowest BCUT2D eigenvalue weighted by Gasteiger charge is -2.38. The number of hydrogen-bond donors (Lipinski definition) is 1. The van der Waals surface area contributed by atoms with Gasteiger partial charge in [0.2, 0.25) is 5.88 Å². The molecular weight excluding hydrogens is 572 g/mol. The topological polar surface area (TPSA) is 45.6 Å². The van der Waals surface area contributed by atoms with Crippen molar-refractivity contribution >= 4 is 26.8 Å². The fourth-order valence-corrected chi connectivity index (χ4v) is 6.19. The highest BCUT2D eigenvalue weighted by atomic mass is 79.9. The molecule has 0 aliphatic carbocycles. The molecule has 4 aromatic carbocycles. The molecule has 0 bridgehead atoms. The van der Waals surface area contributed by atoms with E-state index in [0.29, 0.717) is 12.3 Å². The Morgan fingerprint density at radius 3 is 2.20 bits per heavy atom. The predicted molar refractivity (Wildman–Crippen MR) is 171 cm³/mol. The number of aromatic nitrogens is 1. The van der Waals surface area contributed by atoms with Gasteiger partial charge in [-0.05, 0) is 73.8 Å². The van der Waals surface area contributed by atoms with Crippen molar-refractivity contribution in [1.29, 1.82) is 0 Å². The highest BCUT2D eigenvalue weighted by Crippen LogP contribution is 2.48. The summed E-state index contributed by atoms with van der Waals surface area (Å²) < 4.78 is 6.87. The number of rotatable bonds is 12. The normalized spacial score (nSPS) is 13.7. The summed E-state index contributed by atoms with van der Waals surface area (Å²) in [5.41, 5.74) is 3.76. The first kappa shape index (κ1) is 29.0. The second-order valence-electron chi connectivity index (χ2n) is 10.7. The Bertz CT molecular complexity index is 1550. The van der Waals surface area contributed by atoms with Crippen molar-refractivity contribution in [2.24, 2.45) is 0 Å². The molecule has 0 radical (unpaired) electrons. The summed E-state index contributed by atoms with van der Waals surface area (Å²) in [6.45, 7) is 1.86. The molecule has 0 aliphatic heterocycles. The fraction of sp³-hybridized carbons (Fsp3) is 0.250. The maximum atomic E-state index is 12.9. The first-order valence-electron chi connectivity index (χ1n) is 14.2. The van der Waals surface area contributed by atoms with Gasteiger partial charge in [-0.3, -0.25) is 0 Å². The Morgan fingerprint density at radius 1 is 0.854 bits per heavy atom. The van der Waals surface area contributed by atoms with Crippen molar-refractivity contribution in [2.75, 3.05) is 20.7 Å². The number of fused-ring (bicyclic) bond motifs is 1. The number of unbranched alkanes of at least 4 members (excludes halogenated alkanes) is 1. The number of nitrogens with zero attached hydrogens (tertiary/aromatic N) is 2. The molecule has 0 saturated heterocycles. The van der Waals surface area contributed by atoms with E-state index < -0.39 is 5.60 Å². The van der Waals surface area contributed by atoms with Gasteiger partial charge in [0, 0.05) is 27.9 Å². The molecule has 0 aliphatic rings. The van der Waals surface area contributed by atoms with Gasteiger partial charge < -0.3 is 14.7 Å². The van der Waals surface area contributed by atoms with E-state index in [0.717, 1.165) is 58.0 Å². The van der Waals surface area contributed by atoms with E-state index in [1.165, 1.54) is 5.56 Å². The highest BCUT2D eigenvalue weighted by molar-refractivity contribution is 9.10. The summed E-state index contributed by atoms with van der Waals surface area (Å²) in [5.74, 6) is 0.143. The van der Waals surface area contributed by atoms with Crippen molar-refractivity contribution < 1.29 is 9.84 Å². The molecule has 5 rings (SSSR count). The van der Waals surface area contributed by atoms with Gasteiger partial charge in [0.25, 0.3) is 0 Å². The zero-order chi connectivity index (χ0) is 28.7. The number of hydrogen-bond acceptors (Lipinski definition) is 4. The second-order valence-corrected chi connectivity index (χ2v) is 11.7. The van der Waals surface area contributed by atoms with Crippen LogP contribution in [0.3, 0.4) is 0 Å². The maximum Gasteiger partial charge on any atom is 0.217 e. The van der Waals surface area contributed by atoms with Crippen LogP contribution < -0.4 is 4.74 Å². The maximum absolute atomic E-state index is 12.9. The van der Waals surface area contributed by atoms with E-state index in [2.05, 4.69) is 82.5 Å². The molecule has 0 fully saturated rings. The van der Waals surface area contributed by atoms with Gasteiger partial charge >= 0.3 is 0 Å². The van der Waals surface area contributed by atoms with E-state index in [4.69, 9.17) is 9.72 Å². The third kappa shape index (κ3) is 6.87. The van der Waals surface area contributed by atoms with E-state index >= 15 is 0 Å². The number of pyridine rings is 1. The van der Waals surface area contributed by atoms with E-state index in [1.54, 1.807) is 7.11 Å². The lowest BCUT2D eigenvalue weighted by Crippen LogP contribution is -2.35. The van der Waals surface area contributed by atoms with Gasteiger partial charge in [0.05, 0.1) is 12.6 Å². The van der Waals surface area contributed by atoms with E-state index in [9.17, 15) is 5.11 Å². The van der Waals surface area contributed by atoms with Crippen molar-refractivity contribution in [3.8, 4) is 5.88 Å². The Balaban J connectivity index is 1.51. The molecule has 0 spiro atoms. The quantitative estimate of drug-likeness (QED) is 0.145. The average molecular weight is 610 g/mol. The number of ether oxygens (including phenoxy) is 1. The van der Waals surface area contributed by atoms with Crippen LogP contribution in [0.4, 0.5) is 0 Å². The minimum absolute atomic E-state index is 0.390. The molecule has 4 nitrogen and oxygen atoms in total. The molecule has 210 valence electrons. The van der Waals surface area contributed by atoms with E-state index in [-0.39, 0.29) is 5.92 Å². The number of benzene rings is 4. The number of halogens is 1. The lowest BCUT2D eigenvalue weighted by atomic mass is 9.71. The zero-order valence-corrected chi connectivity index (χ0v) is 25.3. The third-order valence-corrected chi connectivity index (χ3v) is 8.29. The predicted octanol–water partition coefficient (Wildman–Crippen LogP) is 8.33. The number of methoxy groups -OCH3 is 1. The summed E-state index contributed by atoms with van der Waals surface area (Å²) >= 11 is 3.61. The van der Waals surface area contributed by atoms with Crippen molar-refractivity contribution in [3.05, 3.63) is 142 Å².